The zero-order chi connectivity index (χ0) is 23.0. The third-order valence-electron chi connectivity index (χ3n) is 6.26. The molecule has 0 fully saturated rings. The summed E-state index contributed by atoms with van der Waals surface area (Å²) < 4.78 is 16.8. The molecule has 0 saturated carbocycles. The lowest BCUT2D eigenvalue weighted by Gasteiger charge is -2.27. The number of hydrogen-bond donors (Lipinski definition) is 0. The maximum atomic E-state index is 13.6. The Morgan fingerprint density at radius 3 is 2.21 bits per heavy atom. The SMILES string of the molecule is CCOC(=O)C1(C(=O)OCC)c2ccccc2-c2c1cc1occc1c2Cc1ccccc1. The summed E-state index contributed by atoms with van der Waals surface area (Å²) in [7, 11) is 0. The summed E-state index contributed by atoms with van der Waals surface area (Å²) in [4.78, 5) is 27.2. The molecule has 5 heteroatoms. The first kappa shape index (κ1) is 21.0. The van der Waals surface area contributed by atoms with E-state index in [9.17, 15) is 9.59 Å². The quantitative estimate of drug-likeness (QED) is 0.296. The van der Waals surface area contributed by atoms with Crippen LogP contribution in [0.2, 0.25) is 0 Å². The summed E-state index contributed by atoms with van der Waals surface area (Å²) >= 11 is 0. The molecule has 0 aliphatic heterocycles. The number of furan rings is 1. The van der Waals surface area contributed by atoms with Gasteiger partial charge >= 0.3 is 11.9 Å². The minimum Gasteiger partial charge on any atom is -0.465 e. The van der Waals surface area contributed by atoms with Crippen molar-refractivity contribution >= 4 is 22.9 Å². The van der Waals surface area contributed by atoms with Gasteiger partial charge in [0.05, 0.1) is 19.5 Å². The number of esters is 2. The highest BCUT2D eigenvalue weighted by molar-refractivity contribution is 6.17. The fraction of sp³-hybridized carbons (Fsp3) is 0.214. The number of ether oxygens (including phenoxy) is 2. The Balaban J connectivity index is 1.88. The first-order valence-corrected chi connectivity index (χ1v) is 11.1. The van der Waals surface area contributed by atoms with Crippen LogP contribution >= 0.6 is 0 Å². The van der Waals surface area contributed by atoms with Crippen molar-refractivity contribution < 1.29 is 23.5 Å². The zero-order valence-electron chi connectivity index (χ0n) is 18.6. The summed E-state index contributed by atoms with van der Waals surface area (Å²) in [5.41, 5.74) is 3.87. The van der Waals surface area contributed by atoms with Crippen molar-refractivity contribution in [1.82, 2.24) is 0 Å². The van der Waals surface area contributed by atoms with E-state index < -0.39 is 17.4 Å². The normalized spacial score (nSPS) is 13.4. The van der Waals surface area contributed by atoms with Crippen molar-refractivity contribution in [3.8, 4) is 11.1 Å². The second kappa shape index (κ2) is 8.24. The first-order valence-electron chi connectivity index (χ1n) is 11.1. The van der Waals surface area contributed by atoms with E-state index in [0.29, 0.717) is 23.1 Å². The standard InChI is InChI=1S/C28H24O5/c1-3-31-26(29)28(27(30)32-4-2)22-13-9-8-12-20(22)25-21(16-18-10-6-5-7-11-18)19-14-15-33-24(19)17-23(25)28/h5-15,17H,3-4,16H2,1-2H3. The summed E-state index contributed by atoms with van der Waals surface area (Å²) in [5, 5.41) is 0.955. The van der Waals surface area contributed by atoms with Crippen molar-refractivity contribution in [2.45, 2.75) is 25.7 Å². The van der Waals surface area contributed by atoms with Gasteiger partial charge in [0.15, 0.2) is 0 Å². The predicted molar refractivity (Wildman–Crippen MR) is 125 cm³/mol. The largest absolute Gasteiger partial charge is 0.465 e. The van der Waals surface area contributed by atoms with Crippen LogP contribution in [-0.4, -0.2) is 25.2 Å². The number of carbonyl (C=O) groups excluding carboxylic acids is 2. The third kappa shape index (κ3) is 3.07. The molecular formula is C28H24O5. The molecule has 5 nitrogen and oxygen atoms in total. The predicted octanol–water partition coefficient (Wildman–Crippen LogP) is 5.42. The third-order valence-corrected chi connectivity index (χ3v) is 6.26. The fourth-order valence-electron chi connectivity index (χ4n) is 4.94. The molecule has 1 aliphatic rings. The summed E-state index contributed by atoms with van der Waals surface area (Å²) in [5.74, 6) is -1.27. The van der Waals surface area contributed by atoms with Crippen LogP contribution in [0.4, 0.5) is 0 Å². The average molecular weight is 440 g/mol. The van der Waals surface area contributed by atoms with Gasteiger partial charge in [0.2, 0.25) is 5.41 Å². The number of benzene rings is 3. The van der Waals surface area contributed by atoms with Crippen LogP contribution in [0, 0.1) is 0 Å². The molecule has 166 valence electrons. The highest BCUT2D eigenvalue weighted by Gasteiger charge is 2.58. The Labute approximate surface area is 191 Å². The van der Waals surface area contributed by atoms with Gasteiger partial charge in [-0.2, -0.15) is 0 Å². The Bertz CT molecular complexity index is 1330. The lowest BCUT2D eigenvalue weighted by Crippen LogP contribution is -2.45. The summed E-state index contributed by atoms with van der Waals surface area (Å²) in [6.45, 7) is 3.76. The smallest absolute Gasteiger partial charge is 0.332 e. The molecule has 3 aromatic carbocycles. The monoisotopic (exact) mass is 440 g/mol. The van der Waals surface area contributed by atoms with Crippen LogP contribution in [-0.2, 0) is 30.9 Å². The van der Waals surface area contributed by atoms with E-state index in [1.807, 2.05) is 48.5 Å². The molecule has 1 aromatic heterocycles. The lowest BCUT2D eigenvalue weighted by molar-refractivity contribution is -0.162. The molecule has 1 heterocycles. The minimum absolute atomic E-state index is 0.150. The molecule has 1 aliphatic carbocycles. The lowest BCUT2D eigenvalue weighted by atomic mass is 9.77. The van der Waals surface area contributed by atoms with Gasteiger partial charge in [-0.15, -0.1) is 0 Å². The van der Waals surface area contributed by atoms with E-state index >= 15 is 0 Å². The van der Waals surface area contributed by atoms with Crippen LogP contribution in [0.3, 0.4) is 0 Å². The Morgan fingerprint density at radius 2 is 1.52 bits per heavy atom. The second-order valence-corrected chi connectivity index (χ2v) is 8.01. The Hall–Kier alpha value is -3.86. The van der Waals surface area contributed by atoms with Crippen molar-refractivity contribution in [3.63, 3.8) is 0 Å². The van der Waals surface area contributed by atoms with E-state index in [-0.39, 0.29) is 13.2 Å². The van der Waals surface area contributed by atoms with Gasteiger partial charge < -0.3 is 13.9 Å². The topological polar surface area (TPSA) is 65.7 Å². The van der Waals surface area contributed by atoms with Gasteiger partial charge in [-0.25, -0.2) is 0 Å². The van der Waals surface area contributed by atoms with Crippen molar-refractivity contribution in [2.75, 3.05) is 13.2 Å². The number of rotatable bonds is 6. The number of carbonyl (C=O) groups is 2. The number of fused-ring (bicyclic) bond motifs is 4. The molecule has 0 spiro atoms. The molecular weight excluding hydrogens is 416 g/mol. The van der Waals surface area contributed by atoms with Crippen LogP contribution in [0.5, 0.6) is 0 Å². The van der Waals surface area contributed by atoms with Crippen LogP contribution in [0.15, 0.2) is 77.4 Å². The molecule has 33 heavy (non-hydrogen) atoms. The van der Waals surface area contributed by atoms with E-state index in [4.69, 9.17) is 13.9 Å². The van der Waals surface area contributed by atoms with Crippen LogP contribution in [0.1, 0.15) is 36.1 Å². The minimum atomic E-state index is -1.70. The van der Waals surface area contributed by atoms with Gasteiger partial charge in [-0.3, -0.25) is 9.59 Å². The van der Waals surface area contributed by atoms with Gasteiger partial charge in [-0.05, 0) is 65.8 Å². The molecule has 0 N–H and O–H groups in total. The highest BCUT2D eigenvalue weighted by Crippen LogP contribution is 2.53. The first-order chi connectivity index (χ1) is 16.1. The molecule has 0 saturated heterocycles. The molecule has 4 aromatic rings. The van der Waals surface area contributed by atoms with E-state index in [2.05, 4.69) is 12.1 Å². The summed E-state index contributed by atoms with van der Waals surface area (Å²) in [6, 6.07) is 21.4. The fourth-order valence-corrected chi connectivity index (χ4v) is 4.94. The maximum absolute atomic E-state index is 13.6. The molecule has 0 unspecified atom stereocenters. The zero-order valence-corrected chi connectivity index (χ0v) is 18.6. The molecule has 0 amide bonds. The van der Waals surface area contributed by atoms with Crippen molar-refractivity contribution in [2.24, 2.45) is 0 Å². The van der Waals surface area contributed by atoms with Gasteiger partial charge in [0.1, 0.15) is 5.58 Å². The molecule has 0 radical (unpaired) electrons. The van der Waals surface area contributed by atoms with Crippen molar-refractivity contribution in [1.29, 1.82) is 0 Å². The molecule has 5 rings (SSSR count). The van der Waals surface area contributed by atoms with E-state index in [1.54, 1.807) is 26.2 Å². The van der Waals surface area contributed by atoms with E-state index in [1.165, 1.54) is 0 Å². The van der Waals surface area contributed by atoms with Gasteiger partial charge in [-0.1, -0.05) is 54.6 Å². The van der Waals surface area contributed by atoms with Crippen LogP contribution in [0.25, 0.3) is 22.1 Å². The van der Waals surface area contributed by atoms with E-state index in [0.717, 1.165) is 27.6 Å². The summed E-state index contributed by atoms with van der Waals surface area (Å²) in [6.07, 6.45) is 2.26. The number of hydrogen-bond acceptors (Lipinski definition) is 5. The van der Waals surface area contributed by atoms with Gasteiger partial charge in [0.25, 0.3) is 0 Å². The second-order valence-electron chi connectivity index (χ2n) is 8.01. The van der Waals surface area contributed by atoms with Gasteiger partial charge in [0, 0.05) is 5.39 Å². The van der Waals surface area contributed by atoms with Crippen molar-refractivity contribution in [3.05, 3.63) is 95.2 Å². The molecule has 0 bridgehead atoms. The highest BCUT2D eigenvalue weighted by atomic mass is 16.6. The maximum Gasteiger partial charge on any atom is 0.332 e. The Kier molecular flexibility index (Phi) is 5.25. The van der Waals surface area contributed by atoms with Crippen LogP contribution < -0.4 is 0 Å². The average Bonchev–Trinajstić information content (AvgIpc) is 3.41. The Morgan fingerprint density at radius 1 is 0.848 bits per heavy atom. The molecule has 0 atom stereocenters.